The molecule has 0 saturated heterocycles. The number of nitrogens with two attached hydrogens (primary N) is 1. The van der Waals surface area contributed by atoms with Gasteiger partial charge in [0.2, 0.25) is 5.91 Å². The number of rotatable bonds is 4. The molecule has 0 aromatic heterocycles. The van der Waals surface area contributed by atoms with Gasteiger partial charge in [0.15, 0.2) is 0 Å². The smallest absolute Gasteiger partial charge is 0.242 e. The first-order valence-corrected chi connectivity index (χ1v) is 5.58. The van der Waals surface area contributed by atoms with E-state index in [1.54, 1.807) is 0 Å². The molecule has 0 radical (unpaired) electrons. The predicted octanol–water partition coefficient (Wildman–Crippen LogP) is 1.37. The summed E-state index contributed by atoms with van der Waals surface area (Å²) in [5.74, 6) is 0.669. The van der Waals surface area contributed by atoms with Gasteiger partial charge in [-0.1, -0.05) is 13.8 Å². The molecule has 1 fully saturated rings. The lowest BCUT2D eigenvalue weighted by Crippen LogP contribution is -2.59. The molecule has 1 saturated carbocycles. The Kier molecular flexibility index (Phi) is 3.53. The van der Waals surface area contributed by atoms with Crippen molar-refractivity contribution in [3.05, 3.63) is 0 Å². The Morgan fingerprint density at radius 2 is 2.07 bits per heavy atom. The molecule has 1 aliphatic rings. The molecule has 2 N–H and O–H groups in total. The molecule has 0 unspecified atom stereocenters. The number of amides is 1. The Morgan fingerprint density at radius 3 is 2.36 bits per heavy atom. The van der Waals surface area contributed by atoms with Gasteiger partial charge in [0.05, 0.1) is 5.54 Å². The molecular formula is C11H22N2O. The first-order valence-electron chi connectivity index (χ1n) is 5.58. The molecule has 0 heterocycles. The van der Waals surface area contributed by atoms with Crippen molar-refractivity contribution in [1.29, 1.82) is 0 Å². The van der Waals surface area contributed by atoms with E-state index in [0.29, 0.717) is 5.92 Å². The summed E-state index contributed by atoms with van der Waals surface area (Å²) in [6.07, 6.45) is 2.82. The van der Waals surface area contributed by atoms with E-state index in [1.807, 2.05) is 11.8 Å². The third-order valence-electron chi connectivity index (χ3n) is 2.93. The van der Waals surface area contributed by atoms with Crippen molar-refractivity contribution in [2.24, 2.45) is 11.7 Å². The lowest BCUT2D eigenvalue weighted by Gasteiger charge is -2.40. The fraction of sp³-hybridized carbons (Fsp3) is 0.909. The van der Waals surface area contributed by atoms with Crippen LogP contribution in [0.15, 0.2) is 0 Å². The first-order chi connectivity index (χ1) is 6.49. The fourth-order valence-corrected chi connectivity index (χ4v) is 1.88. The minimum atomic E-state index is -0.523. The summed E-state index contributed by atoms with van der Waals surface area (Å²) >= 11 is 0. The highest BCUT2D eigenvalue weighted by Crippen LogP contribution is 2.31. The normalized spacial score (nSPS) is 19.2. The molecule has 0 aromatic rings. The molecule has 0 atom stereocenters. The zero-order chi connectivity index (χ0) is 10.8. The van der Waals surface area contributed by atoms with Gasteiger partial charge in [0.1, 0.15) is 0 Å². The summed E-state index contributed by atoms with van der Waals surface area (Å²) in [4.78, 5) is 13.9. The topological polar surface area (TPSA) is 46.3 Å². The van der Waals surface area contributed by atoms with Gasteiger partial charge >= 0.3 is 0 Å². The molecule has 0 aromatic carbocycles. The highest BCUT2D eigenvalue weighted by Gasteiger charge is 2.42. The number of carbonyl (C=O) groups is 1. The number of hydrogen-bond acceptors (Lipinski definition) is 2. The van der Waals surface area contributed by atoms with E-state index >= 15 is 0 Å². The zero-order valence-electron chi connectivity index (χ0n) is 9.55. The van der Waals surface area contributed by atoms with Crippen molar-refractivity contribution in [3.63, 3.8) is 0 Å². The van der Waals surface area contributed by atoms with Crippen LogP contribution in [0.3, 0.4) is 0 Å². The standard InChI is InChI=1S/C11H22N2O/c1-4-13(8-9(2)3)10(14)11(12)6-5-7-11/h9H,4-8,12H2,1-3H3. The largest absolute Gasteiger partial charge is 0.341 e. The second kappa shape index (κ2) is 4.30. The number of likely N-dealkylation sites (N-methyl/N-ethyl adjacent to an activating group) is 1. The monoisotopic (exact) mass is 198 g/mol. The van der Waals surface area contributed by atoms with Crippen LogP contribution < -0.4 is 5.73 Å². The molecule has 1 amide bonds. The van der Waals surface area contributed by atoms with Gasteiger partial charge < -0.3 is 10.6 Å². The van der Waals surface area contributed by atoms with Crippen molar-refractivity contribution >= 4 is 5.91 Å². The van der Waals surface area contributed by atoms with Crippen LogP contribution in [0.25, 0.3) is 0 Å². The Labute approximate surface area is 86.6 Å². The molecule has 1 aliphatic carbocycles. The molecule has 14 heavy (non-hydrogen) atoms. The molecule has 0 aliphatic heterocycles. The van der Waals surface area contributed by atoms with Crippen LogP contribution >= 0.6 is 0 Å². The maximum absolute atomic E-state index is 12.0. The average Bonchev–Trinajstić information content (AvgIpc) is 2.08. The number of hydrogen-bond donors (Lipinski definition) is 1. The van der Waals surface area contributed by atoms with Gasteiger partial charge in [-0.25, -0.2) is 0 Å². The summed E-state index contributed by atoms with van der Waals surface area (Å²) in [5.41, 5.74) is 5.48. The molecule has 0 bridgehead atoms. The van der Waals surface area contributed by atoms with Gasteiger partial charge in [-0.05, 0) is 32.1 Å². The third-order valence-corrected chi connectivity index (χ3v) is 2.93. The molecule has 82 valence electrons. The van der Waals surface area contributed by atoms with Crippen LogP contribution in [0, 0.1) is 5.92 Å². The van der Waals surface area contributed by atoms with Crippen molar-refractivity contribution in [1.82, 2.24) is 4.90 Å². The van der Waals surface area contributed by atoms with E-state index in [2.05, 4.69) is 13.8 Å². The van der Waals surface area contributed by atoms with Crippen molar-refractivity contribution in [2.45, 2.75) is 45.6 Å². The van der Waals surface area contributed by atoms with Crippen LogP contribution in [-0.2, 0) is 4.79 Å². The van der Waals surface area contributed by atoms with Gasteiger partial charge in [0.25, 0.3) is 0 Å². The van der Waals surface area contributed by atoms with Crippen LogP contribution in [0.2, 0.25) is 0 Å². The average molecular weight is 198 g/mol. The predicted molar refractivity (Wildman–Crippen MR) is 57.9 cm³/mol. The van der Waals surface area contributed by atoms with Crippen molar-refractivity contribution < 1.29 is 4.79 Å². The van der Waals surface area contributed by atoms with E-state index in [0.717, 1.165) is 32.4 Å². The summed E-state index contributed by atoms with van der Waals surface area (Å²) < 4.78 is 0. The molecule has 3 heteroatoms. The summed E-state index contributed by atoms with van der Waals surface area (Å²) in [6.45, 7) is 7.87. The maximum Gasteiger partial charge on any atom is 0.242 e. The van der Waals surface area contributed by atoms with Crippen LogP contribution in [0.4, 0.5) is 0 Å². The van der Waals surface area contributed by atoms with Crippen LogP contribution in [0.1, 0.15) is 40.0 Å². The van der Waals surface area contributed by atoms with Gasteiger partial charge in [0, 0.05) is 13.1 Å². The van der Waals surface area contributed by atoms with Crippen molar-refractivity contribution in [2.75, 3.05) is 13.1 Å². The first kappa shape index (κ1) is 11.5. The van der Waals surface area contributed by atoms with Gasteiger partial charge in [-0.15, -0.1) is 0 Å². The Hall–Kier alpha value is -0.570. The maximum atomic E-state index is 12.0. The fourth-order valence-electron chi connectivity index (χ4n) is 1.88. The Bertz CT molecular complexity index is 209. The highest BCUT2D eigenvalue weighted by atomic mass is 16.2. The van der Waals surface area contributed by atoms with Gasteiger partial charge in [-0.2, -0.15) is 0 Å². The van der Waals surface area contributed by atoms with E-state index in [-0.39, 0.29) is 5.91 Å². The summed E-state index contributed by atoms with van der Waals surface area (Å²) in [5, 5.41) is 0. The van der Waals surface area contributed by atoms with Crippen molar-refractivity contribution in [3.8, 4) is 0 Å². The zero-order valence-corrected chi connectivity index (χ0v) is 9.55. The second-order valence-electron chi connectivity index (χ2n) is 4.75. The minimum absolute atomic E-state index is 0.153. The highest BCUT2D eigenvalue weighted by molar-refractivity contribution is 5.87. The molecule has 3 nitrogen and oxygen atoms in total. The Morgan fingerprint density at radius 1 is 1.50 bits per heavy atom. The molecular weight excluding hydrogens is 176 g/mol. The van der Waals surface area contributed by atoms with E-state index < -0.39 is 5.54 Å². The van der Waals surface area contributed by atoms with Gasteiger partial charge in [-0.3, -0.25) is 4.79 Å². The molecule has 0 spiro atoms. The lowest BCUT2D eigenvalue weighted by molar-refractivity contribution is -0.140. The van der Waals surface area contributed by atoms with E-state index in [4.69, 9.17) is 5.73 Å². The number of carbonyl (C=O) groups excluding carboxylic acids is 1. The van der Waals surface area contributed by atoms with E-state index in [1.165, 1.54) is 0 Å². The minimum Gasteiger partial charge on any atom is -0.341 e. The lowest BCUT2D eigenvalue weighted by atomic mass is 9.76. The SMILES string of the molecule is CCN(CC(C)C)C(=O)C1(N)CCC1. The number of nitrogens with zero attached hydrogens (tertiary/aromatic N) is 1. The Balaban J connectivity index is 2.55. The van der Waals surface area contributed by atoms with Crippen LogP contribution in [-0.4, -0.2) is 29.4 Å². The van der Waals surface area contributed by atoms with E-state index in [9.17, 15) is 4.79 Å². The third kappa shape index (κ3) is 2.27. The molecule has 1 rings (SSSR count). The quantitative estimate of drug-likeness (QED) is 0.741. The second-order valence-corrected chi connectivity index (χ2v) is 4.75. The summed E-state index contributed by atoms with van der Waals surface area (Å²) in [6, 6.07) is 0. The van der Waals surface area contributed by atoms with Crippen LogP contribution in [0.5, 0.6) is 0 Å². The summed E-state index contributed by atoms with van der Waals surface area (Å²) in [7, 11) is 0.